The first-order valence-corrected chi connectivity index (χ1v) is 8.22. The normalized spacial score (nSPS) is 17.8. The summed E-state index contributed by atoms with van der Waals surface area (Å²) in [5.74, 6) is -0.132. The summed E-state index contributed by atoms with van der Waals surface area (Å²) in [4.78, 5) is 24.7. The lowest BCUT2D eigenvalue weighted by atomic mass is 10.1. The van der Waals surface area contributed by atoms with E-state index < -0.39 is 12.1 Å². The molecular formula is C16H20BrNO5. The van der Waals surface area contributed by atoms with Crippen molar-refractivity contribution in [3.05, 3.63) is 28.2 Å². The largest absolute Gasteiger partial charge is 0.496 e. The molecule has 1 N–H and O–H groups in total. The molecule has 6 nitrogen and oxygen atoms in total. The average Bonchev–Trinajstić information content (AvgIpc) is 2.52. The van der Waals surface area contributed by atoms with Gasteiger partial charge in [-0.25, -0.2) is 0 Å². The molecule has 1 unspecified atom stereocenters. The van der Waals surface area contributed by atoms with Gasteiger partial charge in [0, 0.05) is 19.5 Å². The highest BCUT2D eigenvalue weighted by atomic mass is 79.9. The number of amides is 1. The third-order valence-corrected chi connectivity index (χ3v) is 4.36. The number of carbonyl (C=O) groups is 2. The zero-order valence-electron chi connectivity index (χ0n) is 13.0. The smallest absolute Gasteiger partial charge is 0.306 e. The van der Waals surface area contributed by atoms with Gasteiger partial charge in [0.25, 0.3) is 0 Å². The van der Waals surface area contributed by atoms with Gasteiger partial charge in [0.05, 0.1) is 30.7 Å². The summed E-state index contributed by atoms with van der Waals surface area (Å²) in [7, 11) is 1.61. The van der Waals surface area contributed by atoms with Crippen LogP contribution in [0.25, 0.3) is 0 Å². The Hall–Kier alpha value is -1.60. The monoisotopic (exact) mass is 385 g/mol. The van der Waals surface area contributed by atoms with Crippen molar-refractivity contribution in [3.63, 3.8) is 0 Å². The fourth-order valence-electron chi connectivity index (χ4n) is 2.54. The van der Waals surface area contributed by atoms with Crippen LogP contribution in [0.2, 0.25) is 0 Å². The Kier molecular flexibility index (Phi) is 6.41. The first-order chi connectivity index (χ1) is 11.0. The molecule has 1 fully saturated rings. The molecule has 0 aromatic heterocycles. The SMILES string of the molecule is COc1ccc(CCC(=O)N2CCOC(CC(=O)O)C2)cc1Br. The molecule has 0 radical (unpaired) electrons. The van der Waals surface area contributed by atoms with E-state index in [1.54, 1.807) is 12.0 Å². The summed E-state index contributed by atoms with van der Waals surface area (Å²) in [5, 5.41) is 8.81. The molecule has 7 heteroatoms. The van der Waals surface area contributed by atoms with E-state index >= 15 is 0 Å². The topological polar surface area (TPSA) is 76.1 Å². The molecule has 1 aliphatic heterocycles. The first-order valence-electron chi connectivity index (χ1n) is 7.43. The lowest BCUT2D eigenvalue weighted by molar-refractivity contribution is -0.147. The number of aliphatic carboxylic acids is 1. The van der Waals surface area contributed by atoms with Gasteiger partial charge in [-0.15, -0.1) is 0 Å². The van der Waals surface area contributed by atoms with Gasteiger partial charge < -0.3 is 19.5 Å². The second kappa shape index (κ2) is 8.31. The van der Waals surface area contributed by atoms with Crippen LogP contribution in [0.3, 0.4) is 0 Å². The summed E-state index contributed by atoms with van der Waals surface area (Å²) >= 11 is 3.43. The van der Waals surface area contributed by atoms with E-state index in [0.717, 1.165) is 15.8 Å². The van der Waals surface area contributed by atoms with Gasteiger partial charge >= 0.3 is 5.97 Å². The van der Waals surface area contributed by atoms with Crippen molar-refractivity contribution in [2.24, 2.45) is 0 Å². The van der Waals surface area contributed by atoms with Crippen LogP contribution in [0.1, 0.15) is 18.4 Å². The highest BCUT2D eigenvalue weighted by Gasteiger charge is 2.25. The van der Waals surface area contributed by atoms with Crippen molar-refractivity contribution >= 4 is 27.8 Å². The van der Waals surface area contributed by atoms with E-state index in [1.165, 1.54) is 0 Å². The predicted octanol–water partition coefficient (Wildman–Crippen LogP) is 2.09. The number of carboxylic acids is 1. The number of benzene rings is 1. The number of hydrogen-bond acceptors (Lipinski definition) is 4. The Morgan fingerprint density at radius 2 is 2.26 bits per heavy atom. The van der Waals surface area contributed by atoms with Crippen LogP contribution in [0.5, 0.6) is 5.75 Å². The molecule has 0 bridgehead atoms. The summed E-state index contributed by atoms with van der Waals surface area (Å²) in [6.07, 6.45) is 0.524. The molecular weight excluding hydrogens is 366 g/mol. The summed E-state index contributed by atoms with van der Waals surface area (Å²) in [6, 6.07) is 5.74. The lowest BCUT2D eigenvalue weighted by Gasteiger charge is -2.32. The van der Waals surface area contributed by atoms with Gasteiger partial charge in [0.2, 0.25) is 5.91 Å². The van der Waals surface area contributed by atoms with Gasteiger partial charge in [-0.1, -0.05) is 6.07 Å². The Morgan fingerprint density at radius 1 is 1.48 bits per heavy atom. The Morgan fingerprint density at radius 3 is 2.91 bits per heavy atom. The van der Waals surface area contributed by atoms with E-state index in [1.807, 2.05) is 18.2 Å². The van der Waals surface area contributed by atoms with Crippen LogP contribution in [-0.4, -0.2) is 54.8 Å². The van der Waals surface area contributed by atoms with E-state index in [2.05, 4.69) is 15.9 Å². The Balaban J connectivity index is 1.86. The van der Waals surface area contributed by atoms with Crippen LogP contribution < -0.4 is 4.74 Å². The van der Waals surface area contributed by atoms with Gasteiger partial charge in [-0.2, -0.15) is 0 Å². The standard InChI is InChI=1S/C16H20BrNO5/c1-22-14-4-2-11(8-13(14)17)3-5-15(19)18-6-7-23-12(10-18)9-16(20)21/h2,4,8,12H,3,5-7,9-10H2,1H3,(H,20,21). The van der Waals surface area contributed by atoms with Crippen LogP contribution in [-0.2, 0) is 20.7 Å². The predicted molar refractivity (Wildman–Crippen MR) is 87.6 cm³/mol. The molecule has 1 aromatic rings. The second-order valence-corrected chi connectivity index (χ2v) is 6.25. The molecule has 0 aliphatic carbocycles. The minimum Gasteiger partial charge on any atom is -0.496 e. The molecule has 0 saturated carbocycles. The summed E-state index contributed by atoms with van der Waals surface area (Å²) in [6.45, 7) is 1.25. The molecule has 1 heterocycles. The lowest BCUT2D eigenvalue weighted by Crippen LogP contribution is -2.46. The minimum atomic E-state index is -0.910. The number of rotatable bonds is 6. The number of aryl methyl sites for hydroxylation is 1. The first kappa shape index (κ1) is 17.7. The maximum absolute atomic E-state index is 12.3. The molecule has 1 saturated heterocycles. The number of halogens is 1. The van der Waals surface area contributed by atoms with Crippen molar-refractivity contribution in [2.45, 2.75) is 25.4 Å². The van der Waals surface area contributed by atoms with E-state index in [9.17, 15) is 9.59 Å². The molecule has 2 rings (SSSR count). The Labute approximate surface area is 143 Å². The van der Waals surface area contributed by atoms with Crippen LogP contribution in [0.15, 0.2) is 22.7 Å². The number of nitrogens with zero attached hydrogens (tertiary/aromatic N) is 1. The molecule has 0 spiro atoms. The zero-order valence-corrected chi connectivity index (χ0v) is 14.5. The number of hydrogen-bond donors (Lipinski definition) is 1. The molecule has 23 heavy (non-hydrogen) atoms. The quantitative estimate of drug-likeness (QED) is 0.811. The fraction of sp³-hybridized carbons (Fsp3) is 0.500. The zero-order chi connectivity index (χ0) is 16.8. The van der Waals surface area contributed by atoms with Crippen LogP contribution in [0.4, 0.5) is 0 Å². The maximum atomic E-state index is 12.3. The van der Waals surface area contributed by atoms with E-state index in [4.69, 9.17) is 14.6 Å². The van der Waals surface area contributed by atoms with Gasteiger partial charge in [-0.3, -0.25) is 9.59 Å². The van der Waals surface area contributed by atoms with Crippen molar-refractivity contribution < 1.29 is 24.2 Å². The number of ether oxygens (including phenoxy) is 2. The highest BCUT2D eigenvalue weighted by molar-refractivity contribution is 9.10. The van der Waals surface area contributed by atoms with Crippen molar-refractivity contribution in [1.82, 2.24) is 4.90 Å². The van der Waals surface area contributed by atoms with Crippen molar-refractivity contribution in [3.8, 4) is 5.75 Å². The van der Waals surface area contributed by atoms with Crippen molar-refractivity contribution in [1.29, 1.82) is 0 Å². The Bertz CT molecular complexity index is 578. The summed E-state index contributed by atoms with van der Waals surface area (Å²) in [5.41, 5.74) is 1.04. The fourth-order valence-corrected chi connectivity index (χ4v) is 3.13. The molecule has 126 valence electrons. The third-order valence-electron chi connectivity index (χ3n) is 3.74. The van der Waals surface area contributed by atoms with Crippen LogP contribution in [0, 0.1) is 0 Å². The maximum Gasteiger partial charge on any atom is 0.306 e. The number of methoxy groups -OCH3 is 1. The van der Waals surface area contributed by atoms with Gasteiger partial charge in [-0.05, 0) is 40.0 Å². The van der Waals surface area contributed by atoms with E-state index in [-0.39, 0.29) is 12.3 Å². The highest BCUT2D eigenvalue weighted by Crippen LogP contribution is 2.26. The molecule has 1 aliphatic rings. The second-order valence-electron chi connectivity index (χ2n) is 5.40. The molecule has 1 atom stereocenters. The number of carboxylic acid groups (broad SMARTS) is 1. The molecule has 1 aromatic carbocycles. The van der Waals surface area contributed by atoms with E-state index in [0.29, 0.717) is 32.5 Å². The van der Waals surface area contributed by atoms with Gasteiger partial charge in [0.15, 0.2) is 0 Å². The number of morpholine rings is 1. The number of carbonyl (C=O) groups excluding carboxylic acids is 1. The average molecular weight is 386 g/mol. The minimum absolute atomic E-state index is 0.0237. The summed E-state index contributed by atoms with van der Waals surface area (Å²) < 4.78 is 11.4. The molecule has 1 amide bonds. The third kappa shape index (κ3) is 5.21. The van der Waals surface area contributed by atoms with Crippen molar-refractivity contribution in [2.75, 3.05) is 26.8 Å². The van der Waals surface area contributed by atoms with Gasteiger partial charge in [0.1, 0.15) is 5.75 Å². The van der Waals surface area contributed by atoms with Crippen LogP contribution >= 0.6 is 15.9 Å².